The molecule has 6 rings (SSSR count). The zero-order valence-corrected chi connectivity index (χ0v) is 22.8. The number of sulfonamides is 1. The van der Waals surface area contributed by atoms with Gasteiger partial charge in [-0.2, -0.15) is 0 Å². The first-order valence-electron chi connectivity index (χ1n) is 13.8. The minimum Gasteiger partial charge on any atom is -0.494 e. The average molecular weight is 543 g/mol. The van der Waals surface area contributed by atoms with E-state index in [1.54, 1.807) is 18.2 Å². The van der Waals surface area contributed by atoms with Crippen LogP contribution in [0.3, 0.4) is 0 Å². The zero-order valence-electron chi connectivity index (χ0n) is 21.9. The van der Waals surface area contributed by atoms with E-state index in [9.17, 15) is 13.5 Å². The third-order valence-electron chi connectivity index (χ3n) is 7.57. The van der Waals surface area contributed by atoms with E-state index in [1.807, 2.05) is 42.5 Å². The predicted molar refractivity (Wildman–Crippen MR) is 157 cm³/mol. The van der Waals surface area contributed by atoms with Gasteiger partial charge in [-0.05, 0) is 74.7 Å². The first kappa shape index (κ1) is 25.6. The molecular formula is C31H34N4O3S. The van der Waals surface area contributed by atoms with Crippen molar-refractivity contribution in [1.29, 1.82) is 0 Å². The summed E-state index contributed by atoms with van der Waals surface area (Å²) in [6.07, 6.45) is 6.55. The van der Waals surface area contributed by atoms with Crippen LogP contribution in [-0.4, -0.2) is 47.5 Å². The minimum absolute atomic E-state index is 0.00686. The molecule has 2 heterocycles. The Morgan fingerprint density at radius 3 is 2.36 bits per heavy atom. The molecule has 3 N–H and O–H groups in total. The summed E-state index contributed by atoms with van der Waals surface area (Å²) in [6.45, 7) is 3.24. The summed E-state index contributed by atoms with van der Waals surface area (Å²) < 4.78 is 27.8. The van der Waals surface area contributed by atoms with Crippen molar-refractivity contribution in [3.63, 3.8) is 0 Å². The van der Waals surface area contributed by atoms with E-state index in [1.165, 1.54) is 31.2 Å². The average Bonchev–Trinajstić information content (AvgIpc) is 3.77. The Hall–Kier alpha value is -3.62. The Bertz CT molecular complexity index is 1580. The summed E-state index contributed by atoms with van der Waals surface area (Å²) >= 11 is 0. The lowest BCUT2D eigenvalue weighted by Gasteiger charge is -2.19. The van der Waals surface area contributed by atoms with Crippen LogP contribution in [0.2, 0.25) is 0 Å². The molecule has 4 aromatic rings. The van der Waals surface area contributed by atoms with Gasteiger partial charge in [0.25, 0.3) is 0 Å². The summed E-state index contributed by atoms with van der Waals surface area (Å²) in [7, 11) is -3.41. The second-order valence-corrected chi connectivity index (χ2v) is 12.6. The van der Waals surface area contributed by atoms with E-state index in [2.05, 4.69) is 26.7 Å². The fourth-order valence-corrected chi connectivity index (χ4v) is 6.70. The van der Waals surface area contributed by atoms with Crippen LogP contribution in [0.25, 0.3) is 10.9 Å². The molecule has 7 nitrogen and oxygen atoms in total. The van der Waals surface area contributed by atoms with E-state index in [0.29, 0.717) is 40.7 Å². The molecule has 202 valence electrons. The smallest absolute Gasteiger partial charge is 0.235 e. The topological polar surface area (TPSA) is 97.8 Å². The zero-order chi connectivity index (χ0) is 26.8. The molecule has 1 aliphatic heterocycles. The number of nitrogens with zero attached hydrogens (tertiary/aromatic N) is 2. The second-order valence-electron chi connectivity index (χ2n) is 10.6. The summed E-state index contributed by atoms with van der Waals surface area (Å²) in [5, 5.41) is 11.4. The highest BCUT2D eigenvalue weighted by atomic mass is 32.2. The van der Waals surface area contributed by atoms with Crippen molar-refractivity contribution in [2.45, 2.75) is 50.3 Å². The molecule has 39 heavy (non-hydrogen) atoms. The Balaban J connectivity index is 1.36. The van der Waals surface area contributed by atoms with Crippen molar-refractivity contribution in [2.75, 3.05) is 17.8 Å². The van der Waals surface area contributed by atoms with Gasteiger partial charge in [0.15, 0.2) is 5.88 Å². The monoisotopic (exact) mass is 542 g/mol. The van der Waals surface area contributed by atoms with Crippen molar-refractivity contribution < 1.29 is 13.5 Å². The van der Waals surface area contributed by atoms with Crippen molar-refractivity contribution in [3.05, 3.63) is 89.5 Å². The Kier molecular flexibility index (Phi) is 7.14. The third-order valence-corrected chi connectivity index (χ3v) is 9.44. The molecule has 2 aliphatic rings. The van der Waals surface area contributed by atoms with Crippen molar-refractivity contribution in [2.24, 2.45) is 4.99 Å². The van der Waals surface area contributed by atoms with Gasteiger partial charge >= 0.3 is 0 Å². The summed E-state index contributed by atoms with van der Waals surface area (Å²) in [6, 6.07) is 23.3. The number of likely N-dealkylation sites (tertiary alicyclic amines) is 1. The normalized spacial score (nSPS) is 17.3. The van der Waals surface area contributed by atoms with Crippen LogP contribution in [0.5, 0.6) is 5.88 Å². The number of aromatic hydroxyl groups is 1. The number of nitrogens with one attached hydrogen (secondary N) is 2. The number of aliphatic imine (C=N–C) groups is 1. The molecule has 1 aromatic heterocycles. The number of anilines is 1. The second kappa shape index (κ2) is 10.9. The van der Waals surface area contributed by atoms with Gasteiger partial charge in [0.05, 0.1) is 22.2 Å². The molecule has 8 heteroatoms. The van der Waals surface area contributed by atoms with Gasteiger partial charge in [0.1, 0.15) is 0 Å². The number of fused-ring (bicyclic) bond motifs is 1. The highest BCUT2D eigenvalue weighted by Crippen LogP contribution is 2.35. The van der Waals surface area contributed by atoms with Gasteiger partial charge in [0, 0.05) is 28.7 Å². The SMILES string of the molecule is O=S(=O)(Nc1ccc2[nH]c(O)c(C(=Nc3ccc(CN4CCCCCC4)cc3)c3ccccc3)c2c1)C1CC1. The lowest BCUT2D eigenvalue weighted by atomic mass is 10.0. The van der Waals surface area contributed by atoms with Crippen LogP contribution in [0.15, 0.2) is 77.8 Å². The number of benzene rings is 3. The molecule has 0 unspecified atom stereocenters. The number of rotatable bonds is 8. The van der Waals surface area contributed by atoms with Gasteiger partial charge in [-0.25, -0.2) is 13.4 Å². The lowest BCUT2D eigenvalue weighted by Crippen LogP contribution is -2.23. The van der Waals surface area contributed by atoms with Gasteiger partial charge in [-0.3, -0.25) is 9.62 Å². The quantitative estimate of drug-likeness (QED) is 0.227. The Morgan fingerprint density at radius 1 is 0.949 bits per heavy atom. The first-order valence-corrected chi connectivity index (χ1v) is 15.3. The molecule has 1 saturated carbocycles. The maximum atomic E-state index is 12.6. The Morgan fingerprint density at radius 2 is 1.67 bits per heavy atom. The van der Waals surface area contributed by atoms with E-state index < -0.39 is 10.0 Å². The number of hydrogen-bond donors (Lipinski definition) is 3. The molecule has 0 radical (unpaired) electrons. The highest BCUT2D eigenvalue weighted by molar-refractivity contribution is 7.93. The molecule has 0 atom stereocenters. The molecule has 0 bridgehead atoms. The molecule has 3 aromatic carbocycles. The Labute approximate surface area is 229 Å². The molecule has 0 amide bonds. The van der Waals surface area contributed by atoms with Crippen LogP contribution in [-0.2, 0) is 16.6 Å². The number of H-pyrrole nitrogens is 1. The molecule has 1 aliphatic carbocycles. The highest BCUT2D eigenvalue weighted by Gasteiger charge is 2.35. The van der Waals surface area contributed by atoms with Gasteiger partial charge in [-0.1, -0.05) is 55.3 Å². The van der Waals surface area contributed by atoms with Crippen LogP contribution >= 0.6 is 0 Å². The predicted octanol–water partition coefficient (Wildman–Crippen LogP) is 6.32. The van der Waals surface area contributed by atoms with Crippen molar-refractivity contribution >= 4 is 38.0 Å². The van der Waals surface area contributed by atoms with E-state index in [4.69, 9.17) is 4.99 Å². The van der Waals surface area contributed by atoms with Crippen LogP contribution in [0.4, 0.5) is 11.4 Å². The summed E-state index contributed by atoms with van der Waals surface area (Å²) in [5.41, 5.74) is 5.23. The van der Waals surface area contributed by atoms with Crippen LogP contribution in [0, 0.1) is 0 Å². The number of aromatic nitrogens is 1. The van der Waals surface area contributed by atoms with Gasteiger partial charge in [-0.15, -0.1) is 0 Å². The molecule has 0 spiro atoms. The standard InChI is InChI=1S/C31H34N4O3S/c36-31-29(27-20-25(14-17-28(27)33-31)34-39(37,38)26-15-16-26)30(23-8-4-3-5-9-23)32-24-12-10-22(11-13-24)21-35-18-6-1-2-7-19-35/h3-5,8-14,17,20,26,33-34,36H,1-2,6-7,15-16,18-19,21H2. The molecule has 2 fully saturated rings. The van der Waals surface area contributed by atoms with Crippen LogP contribution < -0.4 is 4.72 Å². The maximum Gasteiger partial charge on any atom is 0.235 e. The van der Waals surface area contributed by atoms with Gasteiger partial charge < -0.3 is 10.1 Å². The molecular weight excluding hydrogens is 508 g/mol. The van der Waals surface area contributed by atoms with Gasteiger partial charge in [0.2, 0.25) is 10.0 Å². The molecule has 1 saturated heterocycles. The lowest BCUT2D eigenvalue weighted by molar-refractivity contribution is 0.277. The van der Waals surface area contributed by atoms with Crippen LogP contribution in [0.1, 0.15) is 55.2 Å². The summed E-state index contributed by atoms with van der Waals surface area (Å²) in [5.74, 6) is -0.00686. The van der Waals surface area contributed by atoms with E-state index in [0.717, 1.165) is 30.9 Å². The van der Waals surface area contributed by atoms with E-state index in [-0.39, 0.29) is 11.1 Å². The van der Waals surface area contributed by atoms with Crippen molar-refractivity contribution in [3.8, 4) is 5.88 Å². The first-order chi connectivity index (χ1) is 19.0. The fourth-order valence-electron chi connectivity index (χ4n) is 5.33. The largest absolute Gasteiger partial charge is 0.494 e. The van der Waals surface area contributed by atoms with Crippen molar-refractivity contribution in [1.82, 2.24) is 9.88 Å². The number of aromatic amines is 1. The fraction of sp³-hybridized carbons (Fsp3) is 0.323. The third kappa shape index (κ3) is 5.87. The van der Waals surface area contributed by atoms with E-state index >= 15 is 0 Å². The maximum absolute atomic E-state index is 12.6. The summed E-state index contributed by atoms with van der Waals surface area (Å²) in [4.78, 5) is 10.6. The number of hydrogen-bond acceptors (Lipinski definition) is 5. The minimum atomic E-state index is -3.41.